The Hall–Kier alpha value is -7.23. The first-order chi connectivity index (χ1) is 29.3. The second-order valence-electron chi connectivity index (χ2n) is 17.2. The fraction of sp³-hybridized carbons (Fsp3) is 0.105. The van der Waals surface area contributed by atoms with Crippen molar-refractivity contribution in [2.45, 2.75) is 38.5 Å². The lowest BCUT2D eigenvalue weighted by Crippen LogP contribution is -2.14. The Morgan fingerprint density at radius 1 is 0.267 bits per heavy atom. The van der Waals surface area contributed by atoms with E-state index in [2.05, 4.69) is 191 Å². The fourth-order valence-electron chi connectivity index (χ4n) is 9.85. The molecule has 8 aromatic carbocycles. The maximum Gasteiger partial charge on any atom is 0.164 e. The number of fused-ring (bicyclic) bond motifs is 6. The van der Waals surface area contributed by atoms with Crippen LogP contribution in [-0.2, 0) is 10.8 Å². The van der Waals surface area contributed by atoms with Crippen LogP contribution in [0.1, 0.15) is 49.9 Å². The summed E-state index contributed by atoms with van der Waals surface area (Å²) in [5.41, 5.74) is 20.2. The molecule has 2 aliphatic rings. The molecule has 1 aromatic heterocycles. The number of aromatic nitrogens is 3. The van der Waals surface area contributed by atoms with Gasteiger partial charge < -0.3 is 0 Å². The van der Waals surface area contributed by atoms with Crippen LogP contribution in [0.15, 0.2) is 188 Å². The van der Waals surface area contributed by atoms with Gasteiger partial charge in [0.2, 0.25) is 0 Å². The summed E-state index contributed by atoms with van der Waals surface area (Å²) in [7, 11) is 0. The summed E-state index contributed by atoms with van der Waals surface area (Å²) < 4.78 is 0. The summed E-state index contributed by atoms with van der Waals surface area (Å²) >= 11 is 0. The summed E-state index contributed by atoms with van der Waals surface area (Å²) in [4.78, 5) is 15.7. The molecule has 0 N–H and O–H groups in total. The average Bonchev–Trinajstić information content (AvgIpc) is 3.69. The van der Waals surface area contributed by atoms with E-state index in [0.717, 1.165) is 33.4 Å². The molecule has 0 aliphatic heterocycles. The van der Waals surface area contributed by atoms with Crippen molar-refractivity contribution in [2.24, 2.45) is 0 Å². The Kier molecular flexibility index (Phi) is 8.18. The van der Waals surface area contributed by atoms with E-state index >= 15 is 0 Å². The summed E-state index contributed by atoms with van der Waals surface area (Å²) in [5, 5.41) is 0. The maximum atomic E-state index is 5.31. The van der Waals surface area contributed by atoms with Crippen molar-refractivity contribution in [3.05, 3.63) is 210 Å². The van der Waals surface area contributed by atoms with Crippen molar-refractivity contribution in [1.29, 1.82) is 0 Å². The van der Waals surface area contributed by atoms with Gasteiger partial charge in [-0.15, -0.1) is 0 Å². The summed E-state index contributed by atoms with van der Waals surface area (Å²) in [5.74, 6) is 1.91. The van der Waals surface area contributed by atoms with Crippen LogP contribution < -0.4 is 0 Å². The van der Waals surface area contributed by atoms with E-state index < -0.39 is 0 Å². The topological polar surface area (TPSA) is 38.7 Å². The van der Waals surface area contributed by atoms with Crippen LogP contribution in [0.5, 0.6) is 0 Å². The Morgan fingerprint density at radius 3 is 1.10 bits per heavy atom. The third-order valence-electron chi connectivity index (χ3n) is 12.9. The highest BCUT2D eigenvalue weighted by Crippen LogP contribution is 2.54. The van der Waals surface area contributed by atoms with Crippen LogP contribution in [0.2, 0.25) is 0 Å². The maximum absolute atomic E-state index is 5.31. The van der Waals surface area contributed by atoms with Crippen LogP contribution in [0.25, 0.3) is 89.8 Å². The van der Waals surface area contributed by atoms with Crippen molar-refractivity contribution < 1.29 is 0 Å². The fourth-order valence-corrected chi connectivity index (χ4v) is 9.85. The molecule has 0 radical (unpaired) electrons. The third kappa shape index (κ3) is 5.68. The van der Waals surface area contributed by atoms with Gasteiger partial charge in [-0.1, -0.05) is 198 Å². The molecule has 0 saturated carbocycles. The Labute approximate surface area is 352 Å². The standard InChI is InChI=1S/C57H43N3/c1-56(2)47-25-13-11-21-45(47)51-43(23-15-27-49(51)56)40-33-41(44-24-16-28-50-52(44)46-22-12-14-26-48(46)57(50,3)4)35-42(34-40)55-59-53(38-19-9-6-10-20-38)58-54(60-55)39-31-29-37(30-32-39)36-17-7-5-8-18-36/h5-35H,1-4H3. The molecule has 0 unspecified atom stereocenters. The summed E-state index contributed by atoms with van der Waals surface area (Å²) in [6.07, 6.45) is 0. The molecule has 0 saturated heterocycles. The van der Waals surface area contributed by atoms with Gasteiger partial charge in [0.15, 0.2) is 17.5 Å². The van der Waals surface area contributed by atoms with Crippen molar-refractivity contribution in [2.75, 3.05) is 0 Å². The van der Waals surface area contributed by atoms with Gasteiger partial charge in [-0.3, -0.25) is 0 Å². The molecule has 1 heterocycles. The average molecular weight is 770 g/mol. The number of hydrogen-bond acceptors (Lipinski definition) is 3. The van der Waals surface area contributed by atoms with Crippen LogP contribution in [-0.4, -0.2) is 15.0 Å². The van der Waals surface area contributed by atoms with Crippen molar-refractivity contribution in [1.82, 2.24) is 15.0 Å². The number of hydrogen-bond donors (Lipinski definition) is 0. The SMILES string of the molecule is CC1(C)c2ccccc2-c2c(-c3cc(-c4nc(-c5ccccc5)nc(-c5ccc(-c6ccccc6)cc5)n4)cc(-c4cccc5c4-c4ccccc4C5(C)C)c3)cccc21. The number of benzene rings is 8. The highest BCUT2D eigenvalue weighted by atomic mass is 15.0. The van der Waals surface area contributed by atoms with E-state index in [0.29, 0.717) is 17.5 Å². The second-order valence-corrected chi connectivity index (χ2v) is 17.2. The largest absolute Gasteiger partial charge is 0.208 e. The van der Waals surface area contributed by atoms with E-state index in [1.807, 2.05) is 24.3 Å². The van der Waals surface area contributed by atoms with E-state index in [4.69, 9.17) is 15.0 Å². The zero-order valence-corrected chi connectivity index (χ0v) is 34.2. The quantitative estimate of drug-likeness (QED) is 0.169. The predicted octanol–water partition coefficient (Wildman–Crippen LogP) is 14.5. The highest BCUT2D eigenvalue weighted by Gasteiger charge is 2.38. The zero-order chi connectivity index (χ0) is 40.6. The molecule has 286 valence electrons. The lowest BCUT2D eigenvalue weighted by molar-refractivity contribution is 0.660. The van der Waals surface area contributed by atoms with Gasteiger partial charge in [0.25, 0.3) is 0 Å². The second kappa shape index (κ2) is 13.7. The molecule has 3 nitrogen and oxygen atoms in total. The molecule has 3 heteroatoms. The zero-order valence-electron chi connectivity index (χ0n) is 34.2. The molecule has 0 bridgehead atoms. The van der Waals surface area contributed by atoms with Crippen molar-refractivity contribution in [3.63, 3.8) is 0 Å². The van der Waals surface area contributed by atoms with Crippen LogP contribution >= 0.6 is 0 Å². The number of nitrogens with zero attached hydrogens (tertiary/aromatic N) is 3. The van der Waals surface area contributed by atoms with Gasteiger partial charge in [0.1, 0.15) is 0 Å². The molecule has 11 rings (SSSR count). The molecule has 0 atom stereocenters. The number of rotatable bonds is 6. The van der Waals surface area contributed by atoms with Gasteiger partial charge in [-0.2, -0.15) is 0 Å². The van der Waals surface area contributed by atoms with Crippen LogP contribution in [0, 0.1) is 0 Å². The van der Waals surface area contributed by atoms with Crippen LogP contribution in [0.4, 0.5) is 0 Å². The van der Waals surface area contributed by atoms with Gasteiger partial charge in [-0.25, -0.2) is 15.0 Å². The summed E-state index contributed by atoms with van der Waals surface area (Å²) in [6.45, 7) is 9.39. The highest BCUT2D eigenvalue weighted by molar-refractivity contribution is 5.97. The van der Waals surface area contributed by atoms with Gasteiger partial charge in [-0.05, 0) is 96.1 Å². The third-order valence-corrected chi connectivity index (χ3v) is 12.9. The molecule has 60 heavy (non-hydrogen) atoms. The molecular formula is C57H43N3. The van der Waals surface area contributed by atoms with Gasteiger partial charge in [0, 0.05) is 27.5 Å². The summed E-state index contributed by atoms with van der Waals surface area (Å²) in [6, 6.07) is 67.7. The van der Waals surface area contributed by atoms with Crippen molar-refractivity contribution in [3.8, 4) is 89.8 Å². The van der Waals surface area contributed by atoms with Gasteiger partial charge >= 0.3 is 0 Å². The lowest BCUT2D eigenvalue weighted by atomic mass is 9.81. The first-order valence-corrected chi connectivity index (χ1v) is 20.9. The van der Waals surface area contributed by atoms with E-state index in [9.17, 15) is 0 Å². The molecule has 0 spiro atoms. The first-order valence-electron chi connectivity index (χ1n) is 20.9. The Bertz CT molecular complexity index is 3000. The van der Waals surface area contributed by atoms with E-state index in [-0.39, 0.29) is 10.8 Å². The van der Waals surface area contributed by atoms with Crippen LogP contribution in [0.3, 0.4) is 0 Å². The predicted molar refractivity (Wildman–Crippen MR) is 248 cm³/mol. The van der Waals surface area contributed by atoms with E-state index in [1.54, 1.807) is 0 Å². The minimum atomic E-state index is -0.123. The Morgan fingerprint density at radius 2 is 0.600 bits per heavy atom. The van der Waals surface area contributed by atoms with Gasteiger partial charge in [0.05, 0.1) is 0 Å². The molecule has 0 fully saturated rings. The molecular weight excluding hydrogens is 727 g/mol. The Balaban J connectivity index is 1.16. The minimum absolute atomic E-state index is 0.123. The molecule has 2 aliphatic carbocycles. The molecule has 9 aromatic rings. The normalized spacial score (nSPS) is 13.9. The monoisotopic (exact) mass is 769 g/mol. The minimum Gasteiger partial charge on any atom is -0.208 e. The van der Waals surface area contributed by atoms with E-state index in [1.165, 1.54) is 61.2 Å². The smallest absolute Gasteiger partial charge is 0.164 e. The first kappa shape index (κ1) is 35.9. The lowest BCUT2D eigenvalue weighted by Gasteiger charge is -2.22. The van der Waals surface area contributed by atoms with Crippen molar-refractivity contribution >= 4 is 0 Å². The molecule has 0 amide bonds.